The molecule has 0 amide bonds. The maximum atomic E-state index is 12.4. The molecule has 0 unspecified atom stereocenters. The fraction of sp³-hybridized carbons (Fsp3) is 0.0625. The van der Waals surface area contributed by atoms with Crippen LogP contribution in [-0.4, -0.2) is 18.4 Å². The van der Waals surface area contributed by atoms with Crippen molar-refractivity contribution in [1.29, 1.82) is 5.26 Å². The zero-order valence-electron chi connectivity index (χ0n) is 12.2. The molecule has 0 saturated heterocycles. The van der Waals surface area contributed by atoms with E-state index >= 15 is 0 Å². The Morgan fingerprint density at radius 3 is 2.39 bits per heavy atom. The summed E-state index contributed by atoms with van der Waals surface area (Å²) in [6.07, 6.45) is 4.25. The lowest BCUT2D eigenvalue weighted by molar-refractivity contribution is 0.603. The summed E-state index contributed by atoms with van der Waals surface area (Å²) >= 11 is 5.16. The monoisotopic (exact) mass is 343 g/mol. The van der Waals surface area contributed by atoms with Crippen LogP contribution in [0.2, 0.25) is 0 Å². The largest absolute Gasteiger partial charge is 0.350 e. The van der Waals surface area contributed by atoms with Crippen molar-refractivity contribution >= 4 is 27.0 Å². The number of aryl methyl sites for hydroxylation is 1. The van der Waals surface area contributed by atoms with Gasteiger partial charge in [0, 0.05) is 24.2 Å². The minimum Gasteiger partial charge on any atom is -0.350 e. The van der Waals surface area contributed by atoms with Crippen molar-refractivity contribution < 1.29 is 8.42 Å². The van der Waals surface area contributed by atoms with E-state index < -0.39 is 14.7 Å². The highest BCUT2D eigenvalue weighted by Gasteiger charge is 2.20. The fourth-order valence-electron chi connectivity index (χ4n) is 1.73. The third-order valence-electron chi connectivity index (χ3n) is 3.01. The molecule has 0 bridgehead atoms. The average molecular weight is 343 g/mol. The van der Waals surface area contributed by atoms with Crippen molar-refractivity contribution in [2.75, 3.05) is 0 Å². The van der Waals surface area contributed by atoms with E-state index in [1.165, 1.54) is 12.1 Å². The molecule has 5 nitrogen and oxygen atoms in total. The number of allylic oxidation sites excluding steroid dienone is 1. The van der Waals surface area contributed by atoms with E-state index in [0.717, 1.165) is 11.8 Å². The number of nitrogens with zero attached hydrogens (tertiary/aromatic N) is 2. The first kappa shape index (κ1) is 16.8. The van der Waals surface area contributed by atoms with Gasteiger partial charge in [-0.3, -0.25) is 4.98 Å². The second-order valence-electron chi connectivity index (χ2n) is 4.65. The quantitative estimate of drug-likeness (QED) is 0.678. The molecule has 0 saturated carbocycles. The summed E-state index contributed by atoms with van der Waals surface area (Å²) in [5.74, 6) is 0. The highest BCUT2D eigenvalue weighted by atomic mass is 32.2. The first-order valence-corrected chi connectivity index (χ1v) is 8.47. The fourth-order valence-corrected chi connectivity index (χ4v) is 3.01. The van der Waals surface area contributed by atoms with E-state index in [2.05, 4.69) is 10.3 Å². The van der Waals surface area contributed by atoms with E-state index in [0.29, 0.717) is 10.6 Å². The van der Waals surface area contributed by atoms with Gasteiger partial charge in [-0.05, 0) is 31.2 Å². The van der Waals surface area contributed by atoms with Gasteiger partial charge in [-0.25, -0.2) is 8.42 Å². The number of nitrogens with one attached hydrogen (secondary N) is 1. The molecule has 0 atom stereocenters. The van der Waals surface area contributed by atoms with E-state index in [1.54, 1.807) is 42.7 Å². The number of hydrogen-bond donors (Lipinski definition) is 1. The molecule has 0 fully saturated rings. The van der Waals surface area contributed by atoms with Gasteiger partial charge < -0.3 is 5.32 Å². The first-order valence-electron chi connectivity index (χ1n) is 6.58. The van der Waals surface area contributed by atoms with Crippen LogP contribution in [-0.2, 0) is 9.84 Å². The van der Waals surface area contributed by atoms with Gasteiger partial charge in [0.05, 0.1) is 4.90 Å². The zero-order chi connectivity index (χ0) is 16.9. The maximum absolute atomic E-state index is 12.4. The highest BCUT2D eigenvalue weighted by molar-refractivity contribution is 7.95. The van der Waals surface area contributed by atoms with Gasteiger partial charge in [0.2, 0.25) is 9.84 Å². The normalized spacial score (nSPS) is 11.6. The maximum Gasteiger partial charge on any atom is 0.218 e. The van der Waals surface area contributed by atoms with Gasteiger partial charge in [0.15, 0.2) is 4.91 Å². The molecule has 2 rings (SSSR count). The summed E-state index contributed by atoms with van der Waals surface area (Å²) in [4.78, 5) is 3.84. The topological polar surface area (TPSA) is 82.8 Å². The van der Waals surface area contributed by atoms with E-state index in [4.69, 9.17) is 12.2 Å². The van der Waals surface area contributed by atoms with Crippen LogP contribution in [0.1, 0.15) is 11.1 Å². The number of nitriles is 1. The van der Waals surface area contributed by atoms with Crippen molar-refractivity contribution in [2.45, 2.75) is 11.8 Å². The van der Waals surface area contributed by atoms with Crippen LogP contribution in [0.25, 0.3) is 0 Å². The number of pyridine rings is 1. The number of rotatable bonds is 4. The minimum atomic E-state index is -3.88. The van der Waals surface area contributed by atoms with Crippen molar-refractivity contribution in [3.63, 3.8) is 0 Å². The smallest absolute Gasteiger partial charge is 0.218 e. The summed E-state index contributed by atoms with van der Waals surface area (Å²) in [5.41, 5.74) is 1.61. The second-order valence-corrected chi connectivity index (χ2v) is 6.97. The van der Waals surface area contributed by atoms with Crippen LogP contribution in [0.15, 0.2) is 64.8 Å². The number of hydrogen-bond acceptors (Lipinski definition) is 5. The summed E-state index contributed by atoms with van der Waals surface area (Å²) in [5, 5.41) is 11.8. The molecular formula is C16H13N3O2S2. The summed E-state index contributed by atoms with van der Waals surface area (Å²) in [7, 11) is -3.88. The average Bonchev–Trinajstić information content (AvgIpc) is 2.56. The van der Waals surface area contributed by atoms with Crippen LogP contribution in [0.5, 0.6) is 0 Å². The predicted octanol–water partition coefficient (Wildman–Crippen LogP) is 2.49. The third kappa shape index (κ3) is 4.00. The lowest BCUT2D eigenvalue weighted by atomic mass is 10.2. The Hall–Kier alpha value is -2.56. The van der Waals surface area contributed by atoms with Gasteiger partial charge in [0.1, 0.15) is 11.1 Å². The molecule has 0 radical (unpaired) electrons. The van der Waals surface area contributed by atoms with Gasteiger partial charge in [-0.1, -0.05) is 29.9 Å². The number of aromatic nitrogens is 1. The highest BCUT2D eigenvalue weighted by Crippen LogP contribution is 2.18. The number of benzene rings is 1. The predicted molar refractivity (Wildman–Crippen MR) is 91.1 cm³/mol. The Kier molecular flexibility index (Phi) is 5.21. The molecule has 1 heterocycles. The Balaban J connectivity index is 2.27. The SMILES string of the molecule is Cc1ccc(S(=O)(=O)/C(C#N)=C/NC(=S)c2ccncc2)cc1. The molecular weight excluding hydrogens is 330 g/mol. The van der Waals surface area contributed by atoms with Crippen LogP contribution in [0.3, 0.4) is 0 Å². The Morgan fingerprint density at radius 1 is 1.22 bits per heavy atom. The van der Waals surface area contributed by atoms with Crippen LogP contribution in [0.4, 0.5) is 0 Å². The molecule has 0 aliphatic heterocycles. The van der Waals surface area contributed by atoms with E-state index in [1.807, 2.05) is 6.92 Å². The Labute approximate surface area is 140 Å². The molecule has 1 N–H and O–H groups in total. The van der Waals surface area contributed by atoms with Crippen molar-refractivity contribution in [3.8, 4) is 6.07 Å². The van der Waals surface area contributed by atoms with Gasteiger partial charge in [0.25, 0.3) is 0 Å². The zero-order valence-corrected chi connectivity index (χ0v) is 13.9. The molecule has 7 heteroatoms. The summed E-state index contributed by atoms with van der Waals surface area (Å²) in [6.45, 7) is 1.85. The molecule has 0 aliphatic rings. The van der Waals surface area contributed by atoms with Crippen LogP contribution in [0, 0.1) is 18.3 Å². The summed E-state index contributed by atoms with van der Waals surface area (Å²) in [6, 6.07) is 11.4. The van der Waals surface area contributed by atoms with Crippen molar-refractivity contribution in [2.24, 2.45) is 0 Å². The molecule has 23 heavy (non-hydrogen) atoms. The molecule has 1 aromatic heterocycles. The van der Waals surface area contributed by atoms with Gasteiger partial charge in [-0.15, -0.1) is 0 Å². The molecule has 1 aromatic carbocycles. The molecule has 0 spiro atoms. The Morgan fingerprint density at radius 2 is 1.83 bits per heavy atom. The van der Waals surface area contributed by atoms with Gasteiger partial charge >= 0.3 is 0 Å². The number of sulfone groups is 1. The Bertz CT molecular complexity index is 881. The molecule has 116 valence electrons. The lowest BCUT2D eigenvalue weighted by Crippen LogP contribution is -2.18. The van der Waals surface area contributed by atoms with Crippen LogP contribution >= 0.6 is 12.2 Å². The van der Waals surface area contributed by atoms with E-state index in [-0.39, 0.29) is 4.90 Å². The first-order chi connectivity index (χ1) is 10.9. The second kappa shape index (κ2) is 7.13. The third-order valence-corrected chi connectivity index (χ3v) is 5.04. The summed E-state index contributed by atoms with van der Waals surface area (Å²) < 4.78 is 24.9. The van der Waals surface area contributed by atoms with Crippen molar-refractivity contribution in [1.82, 2.24) is 10.3 Å². The number of thiocarbonyl (C=S) groups is 1. The van der Waals surface area contributed by atoms with Gasteiger partial charge in [-0.2, -0.15) is 5.26 Å². The lowest BCUT2D eigenvalue weighted by Gasteiger charge is -2.06. The standard InChI is InChI=1S/C16H13N3O2S2/c1-12-2-4-14(5-3-12)23(20,21)15(10-17)11-19-16(22)13-6-8-18-9-7-13/h2-9,11H,1H3,(H,19,22)/b15-11+. The van der Waals surface area contributed by atoms with E-state index in [9.17, 15) is 13.7 Å². The molecule has 2 aromatic rings. The van der Waals surface area contributed by atoms with Crippen LogP contribution < -0.4 is 5.32 Å². The molecule has 0 aliphatic carbocycles. The van der Waals surface area contributed by atoms with Crippen molar-refractivity contribution in [3.05, 3.63) is 71.0 Å². The minimum absolute atomic E-state index is 0.0625.